The van der Waals surface area contributed by atoms with Gasteiger partial charge in [0.25, 0.3) is 0 Å². The Morgan fingerprint density at radius 2 is 2.45 bits per heavy atom. The van der Waals surface area contributed by atoms with Crippen molar-refractivity contribution in [3.8, 4) is 0 Å². The lowest BCUT2D eigenvalue weighted by atomic mass is 10.3. The third-order valence-corrected chi connectivity index (χ3v) is 4.55. The number of hydrogen-bond acceptors (Lipinski definition) is 6. The second-order valence-corrected chi connectivity index (χ2v) is 6.26. The molecule has 0 aliphatic carbocycles. The molecular weight excluding hydrogens is 274 g/mol. The lowest BCUT2D eigenvalue weighted by molar-refractivity contribution is -0.0414. The molecule has 2 heterocycles. The SMILES string of the molecule is CCCCN(C)C1=NCN([C@H]2CS[C@@H](COC)O2)C=C1. The van der Waals surface area contributed by atoms with E-state index in [-0.39, 0.29) is 11.7 Å². The molecule has 1 saturated heterocycles. The molecule has 6 heteroatoms. The minimum atomic E-state index is 0.114. The molecule has 0 N–H and O–H groups in total. The number of ether oxygens (including phenoxy) is 2. The molecule has 0 aromatic heterocycles. The minimum absolute atomic E-state index is 0.114. The summed E-state index contributed by atoms with van der Waals surface area (Å²) in [6.07, 6.45) is 6.71. The Kier molecular flexibility index (Phi) is 6.19. The molecule has 0 spiro atoms. The molecule has 2 aliphatic rings. The number of unbranched alkanes of at least 4 members (excludes halogenated alkanes) is 1. The molecular formula is C14H25N3O2S. The summed E-state index contributed by atoms with van der Waals surface area (Å²) in [7, 11) is 3.81. The first-order valence-corrected chi connectivity index (χ1v) is 8.25. The van der Waals surface area contributed by atoms with Crippen molar-refractivity contribution < 1.29 is 9.47 Å². The largest absolute Gasteiger partial charge is 0.381 e. The Labute approximate surface area is 126 Å². The van der Waals surface area contributed by atoms with Crippen molar-refractivity contribution >= 4 is 17.6 Å². The Morgan fingerprint density at radius 3 is 3.10 bits per heavy atom. The molecule has 0 unspecified atom stereocenters. The van der Waals surface area contributed by atoms with Crippen LogP contribution in [-0.2, 0) is 9.47 Å². The molecule has 2 aliphatic heterocycles. The van der Waals surface area contributed by atoms with E-state index in [1.54, 1.807) is 18.9 Å². The molecule has 1 fully saturated rings. The fraction of sp³-hybridized carbons (Fsp3) is 0.786. The average molecular weight is 299 g/mol. The van der Waals surface area contributed by atoms with Gasteiger partial charge in [-0.25, -0.2) is 4.99 Å². The van der Waals surface area contributed by atoms with E-state index in [2.05, 4.69) is 41.0 Å². The summed E-state index contributed by atoms with van der Waals surface area (Å²) in [4.78, 5) is 9.01. The monoisotopic (exact) mass is 299 g/mol. The quantitative estimate of drug-likeness (QED) is 0.749. The minimum Gasteiger partial charge on any atom is -0.381 e. The van der Waals surface area contributed by atoms with E-state index in [1.807, 2.05) is 0 Å². The van der Waals surface area contributed by atoms with Crippen LogP contribution in [0.3, 0.4) is 0 Å². The van der Waals surface area contributed by atoms with Gasteiger partial charge in [0.1, 0.15) is 24.2 Å². The summed E-state index contributed by atoms with van der Waals surface area (Å²) < 4.78 is 11.1. The normalized spacial score (nSPS) is 25.9. The van der Waals surface area contributed by atoms with Gasteiger partial charge in [0.15, 0.2) is 0 Å². The van der Waals surface area contributed by atoms with Crippen LogP contribution in [0.4, 0.5) is 0 Å². The van der Waals surface area contributed by atoms with Crippen molar-refractivity contribution in [2.24, 2.45) is 4.99 Å². The van der Waals surface area contributed by atoms with Gasteiger partial charge in [-0.3, -0.25) is 0 Å². The molecule has 20 heavy (non-hydrogen) atoms. The third-order valence-electron chi connectivity index (χ3n) is 3.46. The first kappa shape index (κ1) is 15.7. The Balaban J connectivity index is 1.79. The van der Waals surface area contributed by atoms with Gasteiger partial charge in [0.2, 0.25) is 0 Å². The number of aliphatic imine (C=N–C) groups is 1. The second-order valence-electron chi connectivity index (χ2n) is 5.07. The van der Waals surface area contributed by atoms with Crippen LogP contribution in [0.25, 0.3) is 0 Å². The van der Waals surface area contributed by atoms with Crippen LogP contribution >= 0.6 is 11.8 Å². The van der Waals surface area contributed by atoms with E-state index in [0.717, 1.165) is 18.1 Å². The zero-order valence-corrected chi connectivity index (χ0v) is 13.4. The Bertz CT molecular complexity index is 362. The summed E-state index contributed by atoms with van der Waals surface area (Å²) in [5.41, 5.74) is 0.149. The molecule has 2 rings (SSSR count). The van der Waals surface area contributed by atoms with Gasteiger partial charge in [-0.2, -0.15) is 0 Å². The zero-order chi connectivity index (χ0) is 14.4. The highest BCUT2D eigenvalue weighted by Crippen LogP contribution is 2.28. The molecule has 0 radical (unpaired) electrons. The van der Waals surface area contributed by atoms with E-state index in [1.165, 1.54) is 12.8 Å². The number of hydrogen-bond donors (Lipinski definition) is 0. The summed E-state index contributed by atoms with van der Waals surface area (Å²) in [5.74, 6) is 2.03. The van der Waals surface area contributed by atoms with Gasteiger partial charge in [-0.1, -0.05) is 13.3 Å². The number of rotatable bonds is 6. The van der Waals surface area contributed by atoms with Crippen molar-refractivity contribution in [3.63, 3.8) is 0 Å². The van der Waals surface area contributed by atoms with Gasteiger partial charge in [0, 0.05) is 32.7 Å². The molecule has 5 nitrogen and oxygen atoms in total. The van der Waals surface area contributed by atoms with Crippen molar-refractivity contribution in [2.75, 3.05) is 39.7 Å². The van der Waals surface area contributed by atoms with Crippen LogP contribution in [0.15, 0.2) is 17.3 Å². The van der Waals surface area contributed by atoms with Crippen LogP contribution in [-0.4, -0.2) is 67.0 Å². The van der Waals surface area contributed by atoms with Crippen molar-refractivity contribution in [1.82, 2.24) is 9.80 Å². The highest BCUT2D eigenvalue weighted by atomic mass is 32.2. The fourth-order valence-corrected chi connectivity index (χ4v) is 3.29. The highest BCUT2D eigenvalue weighted by molar-refractivity contribution is 8.00. The Morgan fingerprint density at radius 1 is 1.60 bits per heavy atom. The van der Waals surface area contributed by atoms with E-state index in [4.69, 9.17) is 9.47 Å². The van der Waals surface area contributed by atoms with Crippen LogP contribution < -0.4 is 0 Å². The lowest BCUT2D eigenvalue weighted by Crippen LogP contribution is -2.38. The molecule has 0 saturated carbocycles. The third kappa shape index (κ3) is 4.14. The first-order chi connectivity index (χ1) is 9.74. The number of thioether (sulfide) groups is 1. The van der Waals surface area contributed by atoms with E-state index >= 15 is 0 Å². The number of likely N-dealkylation sites (N-methyl/N-ethyl adjacent to an activating group) is 1. The first-order valence-electron chi connectivity index (χ1n) is 7.20. The van der Waals surface area contributed by atoms with Gasteiger partial charge < -0.3 is 19.3 Å². The number of amidine groups is 1. The maximum atomic E-state index is 5.93. The van der Waals surface area contributed by atoms with E-state index in [9.17, 15) is 0 Å². The van der Waals surface area contributed by atoms with Gasteiger partial charge >= 0.3 is 0 Å². The molecule has 114 valence electrons. The van der Waals surface area contributed by atoms with Crippen molar-refractivity contribution in [2.45, 2.75) is 31.4 Å². The smallest absolute Gasteiger partial charge is 0.142 e. The maximum Gasteiger partial charge on any atom is 0.142 e. The van der Waals surface area contributed by atoms with Crippen LogP contribution in [0.1, 0.15) is 19.8 Å². The van der Waals surface area contributed by atoms with E-state index < -0.39 is 0 Å². The van der Waals surface area contributed by atoms with Crippen LogP contribution in [0, 0.1) is 0 Å². The number of nitrogens with zero attached hydrogens (tertiary/aromatic N) is 3. The predicted octanol–water partition coefficient (Wildman–Crippen LogP) is 1.97. The standard InChI is InChI=1S/C14H25N3O2S/c1-4-5-7-16(2)12-6-8-17(11-15-12)13-10-20-14(19-13)9-18-3/h6,8,13-14H,4-5,7,9-11H2,1-3H3/t13-,14+/m1/s1. The average Bonchev–Trinajstić information content (AvgIpc) is 2.94. The fourth-order valence-electron chi connectivity index (χ4n) is 2.20. The van der Waals surface area contributed by atoms with Gasteiger partial charge in [-0.15, -0.1) is 11.8 Å². The second kappa shape index (κ2) is 7.90. The lowest BCUT2D eigenvalue weighted by Gasteiger charge is -2.29. The van der Waals surface area contributed by atoms with Crippen molar-refractivity contribution in [1.29, 1.82) is 0 Å². The van der Waals surface area contributed by atoms with Crippen LogP contribution in [0.2, 0.25) is 0 Å². The highest BCUT2D eigenvalue weighted by Gasteiger charge is 2.29. The predicted molar refractivity (Wildman–Crippen MR) is 83.8 cm³/mol. The molecule has 2 atom stereocenters. The molecule has 0 bridgehead atoms. The Hall–Kier alpha value is -0.720. The topological polar surface area (TPSA) is 37.3 Å². The summed E-state index contributed by atoms with van der Waals surface area (Å²) in [5, 5.41) is 0. The summed E-state index contributed by atoms with van der Waals surface area (Å²) in [6.45, 7) is 4.59. The number of methoxy groups -OCH3 is 1. The van der Waals surface area contributed by atoms with Crippen LogP contribution in [0.5, 0.6) is 0 Å². The van der Waals surface area contributed by atoms with Crippen molar-refractivity contribution in [3.05, 3.63) is 12.3 Å². The molecule has 0 amide bonds. The summed E-state index contributed by atoms with van der Waals surface area (Å²) in [6, 6.07) is 0. The summed E-state index contributed by atoms with van der Waals surface area (Å²) >= 11 is 1.81. The zero-order valence-electron chi connectivity index (χ0n) is 12.6. The molecule has 0 aromatic rings. The van der Waals surface area contributed by atoms with E-state index in [0.29, 0.717) is 13.3 Å². The maximum absolute atomic E-state index is 5.93. The van der Waals surface area contributed by atoms with Gasteiger partial charge in [0.05, 0.1) is 6.61 Å². The van der Waals surface area contributed by atoms with Gasteiger partial charge in [-0.05, 0) is 12.5 Å². The molecule has 0 aromatic carbocycles.